The molecule has 1 N–H and O–H groups in total. The second-order valence-corrected chi connectivity index (χ2v) is 3.53. The van der Waals surface area contributed by atoms with Crippen molar-refractivity contribution in [2.24, 2.45) is 0 Å². The minimum Gasteiger partial charge on any atom is -0.383 e. The lowest BCUT2D eigenvalue weighted by Crippen LogP contribution is -2.32. The Kier molecular flexibility index (Phi) is 4.56. The molecule has 78 valence electrons. The van der Waals surface area contributed by atoms with E-state index in [1.807, 2.05) is 12.3 Å². The molecule has 0 unspecified atom stereocenters. The van der Waals surface area contributed by atoms with Crippen LogP contribution in [0, 0.1) is 0 Å². The molecule has 0 aliphatic carbocycles. The quantitative estimate of drug-likeness (QED) is 0.775. The van der Waals surface area contributed by atoms with Gasteiger partial charge in [-0.3, -0.25) is 4.98 Å². The number of pyridine rings is 1. The van der Waals surface area contributed by atoms with Gasteiger partial charge in [0.2, 0.25) is 0 Å². The Bertz CT molecular complexity index is 251. The SMILES string of the molecule is COC[C@@H](C)N[C@H](C)c1cccnc1. The highest BCUT2D eigenvalue weighted by molar-refractivity contribution is 5.12. The maximum Gasteiger partial charge on any atom is 0.0613 e. The van der Waals surface area contributed by atoms with Crippen LogP contribution in [0.2, 0.25) is 0 Å². The molecular weight excluding hydrogens is 176 g/mol. The van der Waals surface area contributed by atoms with Crippen LogP contribution < -0.4 is 5.32 Å². The van der Waals surface area contributed by atoms with E-state index in [0.717, 1.165) is 6.61 Å². The Morgan fingerprint density at radius 3 is 2.86 bits per heavy atom. The van der Waals surface area contributed by atoms with Crippen LogP contribution in [-0.4, -0.2) is 24.7 Å². The van der Waals surface area contributed by atoms with Crippen LogP contribution in [0.4, 0.5) is 0 Å². The summed E-state index contributed by atoms with van der Waals surface area (Å²) in [5.41, 5.74) is 1.20. The number of rotatable bonds is 5. The fraction of sp³-hybridized carbons (Fsp3) is 0.545. The summed E-state index contributed by atoms with van der Waals surface area (Å²) >= 11 is 0. The van der Waals surface area contributed by atoms with Gasteiger partial charge in [-0.2, -0.15) is 0 Å². The number of ether oxygens (including phenoxy) is 1. The number of nitrogens with one attached hydrogen (secondary N) is 1. The molecule has 0 saturated carbocycles. The predicted molar refractivity (Wildman–Crippen MR) is 57.1 cm³/mol. The average Bonchev–Trinajstić information content (AvgIpc) is 2.19. The van der Waals surface area contributed by atoms with E-state index in [9.17, 15) is 0 Å². The highest BCUT2D eigenvalue weighted by atomic mass is 16.5. The molecule has 0 fully saturated rings. The van der Waals surface area contributed by atoms with E-state index in [1.54, 1.807) is 13.3 Å². The van der Waals surface area contributed by atoms with Gasteiger partial charge >= 0.3 is 0 Å². The molecular formula is C11H18N2O. The van der Waals surface area contributed by atoms with Gasteiger partial charge in [0.05, 0.1) is 6.61 Å². The highest BCUT2D eigenvalue weighted by Gasteiger charge is 2.08. The van der Waals surface area contributed by atoms with Crippen LogP contribution in [0.3, 0.4) is 0 Å². The molecule has 0 aliphatic heterocycles. The molecule has 1 aromatic rings. The molecule has 1 aromatic heterocycles. The lowest BCUT2D eigenvalue weighted by Gasteiger charge is -2.19. The second kappa shape index (κ2) is 5.73. The number of hydrogen-bond acceptors (Lipinski definition) is 3. The largest absolute Gasteiger partial charge is 0.383 e. The third-order valence-corrected chi connectivity index (χ3v) is 2.14. The summed E-state index contributed by atoms with van der Waals surface area (Å²) in [6.07, 6.45) is 3.67. The van der Waals surface area contributed by atoms with Crippen molar-refractivity contribution >= 4 is 0 Å². The zero-order valence-corrected chi connectivity index (χ0v) is 9.03. The minimum absolute atomic E-state index is 0.314. The molecule has 3 heteroatoms. The zero-order chi connectivity index (χ0) is 10.4. The van der Waals surface area contributed by atoms with Gasteiger partial charge in [-0.25, -0.2) is 0 Å². The van der Waals surface area contributed by atoms with E-state index in [4.69, 9.17) is 4.74 Å². The Labute approximate surface area is 85.5 Å². The second-order valence-electron chi connectivity index (χ2n) is 3.53. The van der Waals surface area contributed by atoms with Crippen LogP contribution in [0.25, 0.3) is 0 Å². The van der Waals surface area contributed by atoms with Crippen molar-refractivity contribution < 1.29 is 4.74 Å². The summed E-state index contributed by atoms with van der Waals surface area (Å²) in [6.45, 7) is 4.96. The van der Waals surface area contributed by atoms with Gasteiger partial charge in [0.1, 0.15) is 0 Å². The van der Waals surface area contributed by atoms with Gasteiger partial charge in [0.15, 0.2) is 0 Å². The standard InChI is InChI=1S/C11H18N2O/c1-9(8-14-3)13-10(2)11-5-4-6-12-7-11/h4-7,9-10,13H,8H2,1-3H3/t9-,10-/m1/s1. The molecule has 0 aromatic carbocycles. The molecule has 0 spiro atoms. The van der Waals surface area contributed by atoms with Gasteiger partial charge in [0, 0.05) is 31.6 Å². The van der Waals surface area contributed by atoms with E-state index in [1.165, 1.54) is 5.56 Å². The highest BCUT2D eigenvalue weighted by Crippen LogP contribution is 2.10. The minimum atomic E-state index is 0.314. The summed E-state index contributed by atoms with van der Waals surface area (Å²) in [7, 11) is 1.72. The number of nitrogens with zero attached hydrogens (tertiary/aromatic N) is 1. The molecule has 14 heavy (non-hydrogen) atoms. The molecule has 0 bridgehead atoms. The maximum absolute atomic E-state index is 5.06. The fourth-order valence-electron chi connectivity index (χ4n) is 1.45. The van der Waals surface area contributed by atoms with Crippen molar-refractivity contribution in [3.05, 3.63) is 30.1 Å². The van der Waals surface area contributed by atoms with Gasteiger partial charge in [-0.15, -0.1) is 0 Å². The Balaban J connectivity index is 2.46. The van der Waals surface area contributed by atoms with Crippen LogP contribution in [0.5, 0.6) is 0 Å². The molecule has 1 heterocycles. The smallest absolute Gasteiger partial charge is 0.0613 e. The molecule has 2 atom stereocenters. The average molecular weight is 194 g/mol. The van der Waals surface area contributed by atoms with Crippen molar-refractivity contribution in [1.82, 2.24) is 10.3 Å². The van der Waals surface area contributed by atoms with Gasteiger partial charge < -0.3 is 10.1 Å². The number of methoxy groups -OCH3 is 1. The first-order chi connectivity index (χ1) is 6.74. The molecule has 3 nitrogen and oxygen atoms in total. The topological polar surface area (TPSA) is 34.1 Å². The van der Waals surface area contributed by atoms with E-state index in [-0.39, 0.29) is 0 Å². The van der Waals surface area contributed by atoms with Crippen molar-refractivity contribution in [2.75, 3.05) is 13.7 Å². The third kappa shape index (κ3) is 3.44. The van der Waals surface area contributed by atoms with Crippen LogP contribution in [0.1, 0.15) is 25.5 Å². The summed E-state index contributed by atoms with van der Waals surface area (Å²) in [6, 6.07) is 4.70. The number of hydrogen-bond donors (Lipinski definition) is 1. The third-order valence-electron chi connectivity index (χ3n) is 2.14. The van der Waals surface area contributed by atoms with Crippen molar-refractivity contribution in [3.63, 3.8) is 0 Å². The molecule has 0 amide bonds. The first-order valence-electron chi connectivity index (χ1n) is 4.89. The Morgan fingerprint density at radius 2 is 2.29 bits per heavy atom. The first kappa shape index (κ1) is 11.1. The van der Waals surface area contributed by atoms with E-state index in [2.05, 4.69) is 30.2 Å². The van der Waals surface area contributed by atoms with E-state index >= 15 is 0 Å². The van der Waals surface area contributed by atoms with Crippen molar-refractivity contribution in [2.45, 2.75) is 25.9 Å². The van der Waals surface area contributed by atoms with Crippen LogP contribution >= 0.6 is 0 Å². The molecule has 0 saturated heterocycles. The van der Waals surface area contributed by atoms with Crippen LogP contribution in [0.15, 0.2) is 24.5 Å². The van der Waals surface area contributed by atoms with Gasteiger partial charge in [-0.05, 0) is 25.5 Å². The van der Waals surface area contributed by atoms with E-state index in [0.29, 0.717) is 12.1 Å². The molecule has 1 rings (SSSR count). The fourth-order valence-corrected chi connectivity index (χ4v) is 1.45. The van der Waals surface area contributed by atoms with Crippen molar-refractivity contribution in [3.8, 4) is 0 Å². The summed E-state index contributed by atoms with van der Waals surface area (Å²) in [5.74, 6) is 0. The lowest BCUT2D eigenvalue weighted by atomic mass is 10.1. The summed E-state index contributed by atoms with van der Waals surface area (Å²) in [5, 5.41) is 3.43. The van der Waals surface area contributed by atoms with Gasteiger partial charge in [-0.1, -0.05) is 6.07 Å². The van der Waals surface area contributed by atoms with E-state index < -0.39 is 0 Å². The first-order valence-corrected chi connectivity index (χ1v) is 4.89. The Morgan fingerprint density at radius 1 is 1.50 bits per heavy atom. The molecule has 0 aliphatic rings. The maximum atomic E-state index is 5.06. The van der Waals surface area contributed by atoms with Gasteiger partial charge in [0.25, 0.3) is 0 Å². The zero-order valence-electron chi connectivity index (χ0n) is 9.03. The predicted octanol–water partition coefficient (Wildman–Crippen LogP) is 1.77. The Hall–Kier alpha value is -0.930. The lowest BCUT2D eigenvalue weighted by molar-refractivity contribution is 0.167. The monoisotopic (exact) mass is 194 g/mol. The molecule has 0 radical (unpaired) electrons. The van der Waals surface area contributed by atoms with Crippen LogP contribution in [-0.2, 0) is 4.74 Å². The summed E-state index contributed by atoms with van der Waals surface area (Å²) in [4.78, 5) is 4.09. The summed E-state index contributed by atoms with van der Waals surface area (Å²) < 4.78 is 5.06. The number of aromatic nitrogens is 1. The van der Waals surface area contributed by atoms with Crippen molar-refractivity contribution in [1.29, 1.82) is 0 Å². The normalized spacial score (nSPS) is 15.1.